The number of hydrogen-bond donors (Lipinski definition) is 1. The Bertz CT molecular complexity index is 607. The average molecular weight is 299 g/mol. The fourth-order valence-corrected chi connectivity index (χ4v) is 3.10. The molecule has 1 fully saturated rings. The van der Waals surface area contributed by atoms with Crippen molar-refractivity contribution in [1.82, 2.24) is 15.3 Å². The van der Waals surface area contributed by atoms with Gasteiger partial charge in [-0.15, -0.1) is 0 Å². The normalized spacial score (nSPS) is 18.9. The van der Waals surface area contributed by atoms with E-state index in [1.807, 2.05) is 12.1 Å². The predicted molar refractivity (Wildman–Crippen MR) is 85.2 cm³/mol. The van der Waals surface area contributed by atoms with Crippen LogP contribution in [0.2, 0.25) is 0 Å². The fraction of sp³-hybridized carbons (Fsp3) is 0.444. The van der Waals surface area contributed by atoms with Gasteiger partial charge in [0.05, 0.1) is 11.4 Å². The van der Waals surface area contributed by atoms with Gasteiger partial charge < -0.3 is 5.32 Å². The Morgan fingerprint density at radius 1 is 1.05 bits per heavy atom. The van der Waals surface area contributed by atoms with Gasteiger partial charge in [-0.1, -0.05) is 18.2 Å². The van der Waals surface area contributed by atoms with Crippen LogP contribution in [0.25, 0.3) is 0 Å². The van der Waals surface area contributed by atoms with Gasteiger partial charge in [-0.25, -0.2) is 4.39 Å². The minimum Gasteiger partial charge on any atom is -0.317 e. The SMILES string of the molecule is Fc1ccccc1Cc1nccnc1CC1CCCNCC1. The standard InChI is InChI=1S/C18H22FN3/c19-16-6-2-1-5-15(16)13-18-17(21-10-11-22-18)12-14-4-3-8-20-9-7-14/h1-2,5-6,10-11,14,20H,3-4,7-9,12-13H2. The molecular formula is C18H22FN3. The molecule has 3 rings (SSSR count). The molecule has 0 radical (unpaired) electrons. The predicted octanol–water partition coefficient (Wildman–Crippen LogP) is 3.14. The summed E-state index contributed by atoms with van der Waals surface area (Å²) in [5, 5.41) is 3.44. The fourth-order valence-electron chi connectivity index (χ4n) is 3.10. The Morgan fingerprint density at radius 3 is 2.73 bits per heavy atom. The molecule has 2 aromatic rings. The Labute approximate surface area is 131 Å². The van der Waals surface area contributed by atoms with Crippen LogP contribution in [0.15, 0.2) is 36.7 Å². The first-order chi connectivity index (χ1) is 10.8. The van der Waals surface area contributed by atoms with Crippen molar-refractivity contribution in [2.75, 3.05) is 13.1 Å². The van der Waals surface area contributed by atoms with Gasteiger partial charge in [0.15, 0.2) is 0 Å². The van der Waals surface area contributed by atoms with Crippen molar-refractivity contribution in [2.45, 2.75) is 32.1 Å². The van der Waals surface area contributed by atoms with Gasteiger partial charge in [0.25, 0.3) is 0 Å². The molecule has 2 heterocycles. The molecule has 0 aliphatic carbocycles. The van der Waals surface area contributed by atoms with Crippen LogP contribution in [0.4, 0.5) is 4.39 Å². The number of benzene rings is 1. The highest BCUT2D eigenvalue weighted by Gasteiger charge is 2.16. The van der Waals surface area contributed by atoms with Crippen molar-refractivity contribution >= 4 is 0 Å². The molecule has 0 amide bonds. The summed E-state index contributed by atoms with van der Waals surface area (Å²) in [5.74, 6) is 0.476. The second-order valence-electron chi connectivity index (χ2n) is 5.97. The van der Waals surface area contributed by atoms with Crippen LogP contribution in [0, 0.1) is 11.7 Å². The van der Waals surface area contributed by atoms with E-state index in [1.165, 1.54) is 25.3 Å². The van der Waals surface area contributed by atoms with Crippen molar-refractivity contribution in [3.8, 4) is 0 Å². The molecule has 1 aliphatic heterocycles. The zero-order chi connectivity index (χ0) is 15.2. The van der Waals surface area contributed by atoms with Gasteiger partial charge in [0, 0.05) is 18.8 Å². The molecule has 22 heavy (non-hydrogen) atoms. The Balaban J connectivity index is 1.76. The van der Waals surface area contributed by atoms with E-state index in [4.69, 9.17) is 0 Å². The van der Waals surface area contributed by atoms with E-state index in [9.17, 15) is 4.39 Å². The van der Waals surface area contributed by atoms with Gasteiger partial charge in [-0.05, 0) is 56.3 Å². The highest BCUT2D eigenvalue weighted by molar-refractivity contribution is 5.25. The van der Waals surface area contributed by atoms with Crippen LogP contribution >= 0.6 is 0 Å². The molecule has 116 valence electrons. The number of nitrogens with zero attached hydrogens (tertiary/aromatic N) is 2. The highest BCUT2D eigenvalue weighted by atomic mass is 19.1. The molecule has 0 bridgehead atoms. The van der Waals surface area contributed by atoms with Gasteiger partial charge in [-0.2, -0.15) is 0 Å². The second kappa shape index (κ2) is 7.45. The molecule has 1 aromatic carbocycles. The third kappa shape index (κ3) is 3.89. The molecule has 4 heteroatoms. The van der Waals surface area contributed by atoms with E-state index in [0.29, 0.717) is 17.9 Å². The van der Waals surface area contributed by atoms with Gasteiger partial charge in [0.1, 0.15) is 5.82 Å². The molecule has 1 aromatic heterocycles. The maximum absolute atomic E-state index is 13.9. The molecule has 1 atom stereocenters. The minimum absolute atomic E-state index is 0.169. The van der Waals surface area contributed by atoms with Crippen LogP contribution < -0.4 is 5.32 Å². The zero-order valence-corrected chi connectivity index (χ0v) is 12.8. The van der Waals surface area contributed by atoms with E-state index in [2.05, 4.69) is 15.3 Å². The molecule has 1 N–H and O–H groups in total. The molecule has 1 aliphatic rings. The summed E-state index contributed by atoms with van der Waals surface area (Å²) in [6.07, 6.45) is 8.52. The lowest BCUT2D eigenvalue weighted by Gasteiger charge is -2.15. The van der Waals surface area contributed by atoms with Crippen molar-refractivity contribution in [2.24, 2.45) is 5.92 Å². The third-order valence-corrected chi connectivity index (χ3v) is 4.35. The molecule has 0 saturated carbocycles. The Hall–Kier alpha value is -1.81. The number of halogens is 1. The first-order valence-corrected chi connectivity index (χ1v) is 8.06. The maximum atomic E-state index is 13.9. The number of hydrogen-bond acceptors (Lipinski definition) is 3. The van der Waals surface area contributed by atoms with Crippen molar-refractivity contribution in [3.63, 3.8) is 0 Å². The second-order valence-corrected chi connectivity index (χ2v) is 5.97. The van der Waals surface area contributed by atoms with Crippen LogP contribution in [0.3, 0.4) is 0 Å². The molecular weight excluding hydrogens is 277 g/mol. The van der Waals surface area contributed by atoms with Crippen LogP contribution in [0.1, 0.15) is 36.2 Å². The summed E-state index contributed by atoms with van der Waals surface area (Å²) in [4.78, 5) is 8.98. The van der Waals surface area contributed by atoms with Crippen molar-refractivity contribution < 1.29 is 4.39 Å². The monoisotopic (exact) mass is 299 g/mol. The lowest BCUT2D eigenvalue weighted by atomic mass is 9.93. The van der Waals surface area contributed by atoms with E-state index < -0.39 is 0 Å². The largest absolute Gasteiger partial charge is 0.317 e. The van der Waals surface area contributed by atoms with Gasteiger partial charge in [-0.3, -0.25) is 9.97 Å². The number of aromatic nitrogens is 2. The van der Waals surface area contributed by atoms with E-state index in [0.717, 1.165) is 30.9 Å². The molecule has 3 nitrogen and oxygen atoms in total. The molecule has 1 saturated heterocycles. The summed E-state index contributed by atoms with van der Waals surface area (Å²) >= 11 is 0. The summed E-state index contributed by atoms with van der Waals surface area (Å²) in [6.45, 7) is 2.19. The summed E-state index contributed by atoms with van der Waals surface area (Å²) in [7, 11) is 0. The third-order valence-electron chi connectivity index (χ3n) is 4.35. The van der Waals surface area contributed by atoms with Crippen LogP contribution in [0.5, 0.6) is 0 Å². The molecule has 0 spiro atoms. The first-order valence-electron chi connectivity index (χ1n) is 8.06. The van der Waals surface area contributed by atoms with E-state index in [-0.39, 0.29) is 5.82 Å². The number of rotatable bonds is 4. The van der Waals surface area contributed by atoms with Gasteiger partial charge >= 0.3 is 0 Å². The van der Waals surface area contributed by atoms with Crippen LogP contribution in [-0.2, 0) is 12.8 Å². The minimum atomic E-state index is -0.169. The summed E-state index contributed by atoms with van der Waals surface area (Å²) < 4.78 is 13.9. The van der Waals surface area contributed by atoms with Gasteiger partial charge in [0.2, 0.25) is 0 Å². The Morgan fingerprint density at radius 2 is 1.86 bits per heavy atom. The Kier molecular flexibility index (Phi) is 5.11. The van der Waals surface area contributed by atoms with E-state index >= 15 is 0 Å². The first kappa shape index (κ1) is 15.1. The quantitative estimate of drug-likeness (QED) is 0.942. The smallest absolute Gasteiger partial charge is 0.126 e. The van der Waals surface area contributed by atoms with Crippen LogP contribution in [-0.4, -0.2) is 23.1 Å². The average Bonchev–Trinajstić information content (AvgIpc) is 2.80. The van der Waals surface area contributed by atoms with E-state index in [1.54, 1.807) is 18.5 Å². The summed E-state index contributed by atoms with van der Waals surface area (Å²) in [6, 6.07) is 6.91. The van der Waals surface area contributed by atoms with Crippen molar-refractivity contribution in [3.05, 3.63) is 59.4 Å². The summed E-state index contributed by atoms with van der Waals surface area (Å²) in [5.41, 5.74) is 2.62. The highest BCUT2D eigenvalue weighted by Crippen LogP contribution is 2.21. The molecule has 1 unspecified atom stereocenters. The van der Waals surface area contributed by atoms with Crippen molar-refractivity contribution in [1.29, 1.82) is 0 Å². The lowest BCUT2D eigenvalue weighted by molar-refractivity contribution is 0.462. The number of nitrogens with one attached hydrogen (secondary N) is 1. The lowest BCUT2D eigenvalue weighted by Crippen LogP contribution is -2.15. The maximum Gasteiger partial charge on any atom is 0.126 e. The topological polar surface area (TPSA) is 37.8 Å². The zero-order valence-electron chi connectivity index (χ0n) is 12.8.